The molecule has 4 heterocycles. The molecule has 0 spiro atoms. The van der Waals surface area contributed by atoms with Gasteiger partial charge in [-0.15, -0.1) is 11.3 Å². The van der Waals surface area contributed by atoms with Crippen molar-refractivity contribution in [2.75, 3.05) is 36.6 Å². The Morgan fingerprint density at radius 1 is 1.24 bits per heavy atom. The number of benzene rings is 2. The number of nitrogens with zero attached hydrogens (tertiary/aromatic N) is 5. The Balaban J connectivity index is 1.69. The lowest BCUT2D eigenvalue weighted by atomic mass is 9.96. The second-order valence-electron chi connectivity index (χ2n) is 9.12. The number of ether oxygens (including phenoxy) is 2. The molecule has 0 amide bonds. The second kappa shape index (κ2) is 10.6. The van der Waals surface area contributed by atoms with Crippen LogP contribution in [0.2, 0.25) is 5.02 Å². The number of pyridine rings is 1. The van der Waals surface area contributed by atoms with E-state index in [4.69, 9.17) is 32.5 Å². The highest BCUT2D eigenvalue weighted by atomic mass is 35.5. The van der Waals surface area contributed by atoms with Gasteiger partial charge >= 0.3 is 6.01 Å². The van der Waals surface area contributed by atoms with E-state index < -0.39 is 17.7 Å². The quantitative estimate of drug-likeness (QED) is 0.235. The molecule has 1 aliphatic heterocycles. The Bertz CT molecular complexity index is 1980. The fourth-order valence-electron chi connectivity index (χ4n) is 5.16. The van der Waals surface area contributed by atoms with E-state index in [1.807, 2.05) is 6.07 Å². The van der Waals surface area contributed by atoms with E-state index in [0.29, 0.717) is 11.9 Å². The molecule has 0 radical (unpaired) electrons. The molecule has 1 atom stereocenters. The van der Waals surface area contributed by atoms with Crippen LogP contribution in [0.25, 0.3) is 32.1 Å². The number of nitrogen functional groups attached to an aromatic ring is 2. The highest BCUT2D eigenvalue weighted by molar-refractivity contribution is 7.23. The average molecular weight is 610 g/mol. The molecular formula is C28H19ClF3N7O2S. The molecule has 0 bridgehead atoms. The number of nitrogens with two attached hydrogens (primary N) is 2. The van der Waals surface area contributed by atoms with E-state index in [-0.39, 0.29) is 84.3 Å². The van der Waals surface area contributed by atoms with Gasteiger partial charge < -0.3 is 25.8 Å². The number of fused-ring (bicyclic) bond motifs is 1. The van der Waals surface area contributed by atoms with Gasteiger partial charge in [0, 0.05) is 22.7 Å². The van der Waals surface area contributed by atoms with E-state index in [1.165, 1.54) is 25.4 Å². The summed E-state index contributed by atoms with van der Waals surface area (Å²) in [4.78, 5) is 14.5. The summed E-state index contributed by atoms with van der Waals surface area (Å²) in [7, 11) is 1.32. The van der Waals surface area contributed by atoms with Crippen molar-refractivity contribution in [2.24, 2.45) is 0 Å². The first-order chi connectivity index (χ1) is 20.3. The summed E-state index contributed by atoms with van der Waals surface area (Å²) in [6.45, 7) is 0.157. The maximum Gasteiger partial charge on any atom is 0.318 e. The molecule has 0 saturated heterocycles. The topological polar surface area (TPSA) is 136 Å². The monoisotopic (exact) mass is 609 g/mol. The molecule has 14 heteroatoms. The third-order valence-electron chi connectivity index (χ3n) is 6.96. The van der Waals surface area contributed by atoms with Gasteiger partial charge in [0.1, 0.15) is 40.6 Å². The largest absolute Gasteiger partial charge is 0.489 e. The predicted molar refractivity (Wildman–Crippen MR) is 155 cm³/mol. The Labute approximate surface area is 245 Å². The van der Waals surface area contributed by atoms with Gasteiger partial charge in [-0.2, -0.15) is 15.2 Å². The molecule has 2 aromatic carbocycles. The zero-order chi connectivity index (χ0) is 29.7. The number of hydrogen-bond donors (Lipinski definition) is 2. The van der Waals surface area contributed by atoms with Gasteiger partial charge in [0.15, 0.2) is 11.6 Å². The first-order valence-corrected chi connectivity index (χ1v) is 13.5. The van der Waals surface area contributed by atoms with Crippen LogP contribution >= 0.6 is 22.9 Å². The number of aromatic nitrogens is 3. The summed E-state index contributed by atoms with van der Waals surface area (Å²) >= 11 is 7.75. The van der Waals surface area contributed by atoms with Crippen molar-refractivity contribution in [3.63, 3.8) is 0 Å². The van der Waals surface area contributed by atoms with Gasteiger partial charge in [-0.05, 0) is 23.8 Å². The molecule has 9 nitrogen and oxygen atoms in total. The van der Waals surface area contributed by atoms with Crippen LogP contribution in [0.5, 0.6) is 11.8 Å². The number of thiophene rings is 1. The number of halogens is 4. The number of rotatable bonds is 5. The standard InChI is InChI=1S/C28H19ClF3N7O2S/c1-40-28-37-22-19-23(41-10-9-39(27(19)38-28)16(6-7-30)12-3-2-8-36-25(12)34)20(29)18(21(22)32)13-4-5-15(31)24-17(13)14(11-33)26(35)42-24/h2-8,16H,9-10,35H2,1H3,(H2,34,36)/b7-6-. The Hall–Kier alpha value is -4.80. The molecule has 1 unspecified atom stereocenters. The summed E-state index contributed by atoms with van der Waals surface area (Å²) in [5.41, 5.74) is 12.3. The molecular weight excluding hydrogens is 591 g/mol. The number of anilines is 3. The van der Waals surface area contributed by atoms with Crippen LogP contribution in [0.15, 0.2) is 42.9 Å². The Kier molecular flexibility index (Phi) is 6.88. The minimum atomic E-state index is -0.897. The summed E-state index contributed by atoms with van der Waals surface area (Å²) in [5, 5.41) is 9.92. The third-order valence-corrected chi connectivity index (χ3v) is 8.34. The van der Waals surface area contributed by atoms with Crippen molar-refractivity contribution in [2.45, 2.75) is 6.04 Å². The molecule has 1 aliphatic rings. The summed E-state index contributed by atoms with van der Waals surface area (Å²) < 4.78 is 56.7. The Morgan fingerprint density at radius 2 is 2.05 bits per heavy atom. The van der Waals surface area contributed by atoms with Gasteiger partial charge in [-0.25, -0.2) is 18.2 Å². The van der Waals surface area contributed by atoms with E-state index in [9.17, 15) is 14.0 Å². The van der Waals surface area contributed by atoms with Crippen molar-refractivity contribution in [3.05, 3.63) is 70.7 Å². The zero-order valence-corrected chi connectivity index (χ0v) is 23.2. The van der Waals surface area contributed by atoms with Crippen molar-refractivity contribution in [1.82, 2.24) is 15.0 Å². The van der Waals surface area contributed by atoms with Crippen molar-refractivity contribution in [1.29, 1.82) is 5.26 Å². The molecule has 0 fully saturated rings. The van der Waals surface area contributed by atoms with Gasteiger partial charge in [0.2, 0.25) is 0 Å². The SMILES string of the molecule is COc1nc2c3c(c(Cl)c(-c4ccc(F)c5sc(N)c(C#N)c45)c(F)c3n1)OCCN2C(/C=C\F)c1cccnc1N. The van der Waals surface area contributed by atoms with E-state index >= 15 is 4.39 Å². The summed E-state index contributed by atoms with van der Waals surface area (Å²) in [6.07, 6.45) is 3.13. The predicted octanol–water partition coefficient (Wildman–Crippen LogP) is 6.31. The summed E-state index contributed by atoms with van der Waals surface area (Å²) in [5.74, 6) is -1.17. The lowest BCUT2D eigenvalue weighted by Crippen LogP contribution is -2.32. The van der Waals surface area contributed by atoms with Gasteiger partial charge in [-0.1, -0.05) is 23.7 Å². The number of nitriles is 1. The Morgan fingerprint density at radius 3 is 2.76 bits per heavy atom. The normalized spacial score (nSPS) is 13.8. The minimum absolute atomic E-state index is 0.00566. The molecule has 0 saturated carbocycles. The van der Waals surface area contributed by atoms with E-state index in [0.717, 1.165) is 17.4 Å². The molecule has 212 valence electrons. The minimum Gasteiger partial charge on any atom is -0.489 e. The van der Waals surface area contributed by atoms with Crippen LogP contribution < -0.4 is 25.8 Å². The van der Waals surface area contributed by atoms with Gasteiger partial charge in [0.05, 0.1) is 46.7 Å². The molecule has 0 aliphatic carbocycles. The zero-order valence-electron chi connectivity index (χ0n) is 21.7. The molecule has 3 aromatic heterocycles. The van der Waals surface area contributed by atoms with Crippen LogP contribution in [0.3, 0.4) is 0 Å². The number of methoxy groups -OCH3 is 1. The van der Waals surface area contributed by atoms with Crippen molar-refractivity contribution in [3.8, 4) is 29.0 Å². The second-order valence-corrected chi connectivity index (χ2v) is 10.6. The van der Waals surface area contributed by atoms with E-state index in [1.54, 1.807) is 17.0 Å². The highest BCUT2D eigenvalue weighted by Gasteiger charge is 2.34. The van der Waals surface area contributed by atoms with Crippen LogP contribution in [-0.4, -0.2) is 35.2 Å². The van der Waals surface area contributed by atoms with Crippen LogP contribution in [-0.2, 0) is 0 Å². The molecule has 6 rings (SSSR count). The first-order valence-electron chi connectivity index (χ1n) is 12.3. The average Bonchev–Trinajstić information content (AvgIpc) is 3.21. The molecule has 4 N–H and O–H groups in total. The molecule has 42 heavy (non-hydrogen) atoms. The van der Waals surface area contributed by atoms with Crippen LogP contribution in [0.4, 0.5) is 29.8 Å². The number of hydrogen-bond acceptors (Lipinski definition) is 10. The fourth-order valence-corrected chi connectivity index (χ4v) is 6.45. The van der Waals surface area contributed by atoms with Crippen molar-refractivity contribution < 1.29 is 22.6 Å². The highest BCUT2D eigenvalue weighted by Crippen LogP contribution is 2.51. The van der Waals surface area contributed by atoms with Crippen LogP contribution in [0.1, 0.15) is 17.2 Å². The lowest BCUT2D eigenvalue weighted by Gasteiger charge is -2.30. The maximum atomic E-state index is 16.7. The van der Waals surface area contributed by atoms with Crippen molar-refractivity contribution >= 4 is 60.6 Å². The third kappa shape index (κ3) is 4.10. The van der Waals surface area contributed by atoms with E-state index in [2.05, 4.69) is 15.0 Å². The van der Waals surface area contributed by atoms with Gasteiger partial charge in [0.25, 0.3) is 0 Å². The van der Waals surface area contributed by atoms with Crippen LogP contribution in [0, 0.1) is 23.0 Å². The summed E-state index contributed by atoms with van der Waals surface area (Å²) in [6, 6.07) is 6.77. The first kappa shape index (κ1) is 27.4. The molecule has 5 aromatic rings. The maximum absolute atomic E-state index is 16.7. The lowest BCUT2D eigenvalue weighted by molar-refractivity contribution is 0.329. The van der Waals surface area contributed by atoms with Gasteiger partial charge in [-0.3, -0.25) is 0 Å². The fraction of sp³-hybridized carbons (Fsp3) is 0.143. The smallest absolute Gasteiger partial charge is 0.318 e.